The minimum Gasteiger partial charge on any atom is -0.381 e. The average molecular weight is 250 g/mol. The smallest absolute Gasteiger partial charge is 0.225 e. The molecule has 100 valence electrons. The fourth-order valence-electron chi connectivity index (χ4n) is 2.26. The molecule has 0 saturated carbocycles. The summed E-state index contributed by atoms with van der Waals surface area (Å²) in [5.74, 6) is 1.47. The molecule has 1 aromatic heterocycles. The van der Waals surface area contributed by atoms with Gasteiger partial charge in [0.05, 0.1) is 0 Å². The second-order valence-corrected chi connectivity index (χ2v) is 4.92. The van der Waals surface area contributed by atoms with E-state index >= 15 is 0 Å². The Balaban J connectivity index is 1.99. The number of hydrogen-bond donors (Lipinski definition) is 1. The largest absolute Gasteiger partial charge is 0.381 e. The summed E-state index contributed by atoms with van der Waals surface area (Å²) in [7, 11) is 2.05. The maximum absolute atomic E-state index is 5.62. The first-order valence-corrected chi connectivity index (χ1v) is 6.52. The second kappa shape index (κ2) is 6.11. The first-order valence-electron chi connectivity index (χ1n) is 6.52. The van der Waals surface area contributed by atoms with E-state index in [4.69, 9.17) is 10.5 Å². The fourth-order valence-corrected chi connectivity index (χ4v) is 2.26. The normalized spacial score (nSPS) is 16.8. The van der Waals surface area contributed by atoms with Crippen molar-refractivity contribution in [2.24, 2.45) is 11.7 Å². The molecule has 0 amide bonds. The molecule has 0 radical (unpaired) electrons. The van der Waals surface area contributed by atoms with Crippen LogP contribution in [0.4, 0.5) is 5.95 Å². The Morgan fingerprint density at radius 3 is 2.78 bits per heavy atom. The van der Waals surface area contributed by atoms with Gasteiger partial charge >= 0.3 is 0 Å². The van der Waals surface area contributed by atoms with Gasteiger partial charge in [0, 0.05) is 50.8 Å². The lowest BCUT2D eigenvalue weighted by Gasteiger charge is -2.27. The molecule has 0 bridgehead atoms. The van der Waals surface area contributed by atoms with E-state index in [2.05, 4.69) is 14.9 Å². The molecule has 5 heteroatoms. The SMILES string of the molecule is Cc1nc(N(C)CC2CCOCC2)ncc1CN. The minimum absolute atomic E-state index is 0.496. The number of ether oxygens (including phenoxy) is 1. The molecular formula is C13H22N4O. The van der Waals surface area contributed by atoms with Crippen LogP contribution in [0.2, 0.25) is 0 Å². The van der Waals surface area contributed by atoms with Gasteiger partial charge in [0.2, 0.25) is 5.95 Å². The quantitative estimate of drug-likeness (QED) is 0.867. The molecule has 2 rings (SSSR count). The van der Waals surface area contributed by atoms with Crippen molar-refractivity contribution in [1.82, 2.24) is 9.97 Å². The Bertz CT molecular complexity index is 391. The maximum atomic E-state index is 5.62. The number of hydrogen-bond acceptors (Lipinski definition) is 5. The van der Waals surface area contributed by atoms with Crippen LogP contribution in [0, 0.1) is 12.8 Å². The van der Waals surface area contributed by atoms with Crippen molar-refractivity contribution >= 4 is 5.95 Å². The number of aromatic nitrogens is 2. The van der Waals surface area contributed by atoms with Crippen molar-refractivity contribution in [2.75, 3.05) is 31.7 Å². The zero-order valence-electron chi connectivity index (χ0n) is 11.2. The minimum atomic E-state index is 0.496. The van der Waals surface area contributed by atoms with E-state index in [1.807, 2.05) is 20.2 Å². The molecule has 0 aliphatic carbocycles. The van der Waals surface area contributed by atoms with Crippen LogP contribution < -0.4 is 10.6 Å². The molecule has 18 heavy (non-hydrogen) atoms. The highest BCUT2D eigenvalue weighted by atomic mass is 16.5. The highest BCUT2D eigenvalue weighted by Crippen LogP contribution is 2.18. The Morgan fingerprint density at radius 1 is 1.44 bits per heavy atom. The maximum Gasteiger partial charge on any atom is 0.225 e. The summed E-state index contributed by atoms with van der Waals surface area (Å²) in [6, 6.07) is 0. The van der Waals surface area contributed by atoms with Crippen LogP contribution in [0.3, 0.4) is 0 Å². The van der Waals surface area contributed by atoms with Crippen molar-refractivity contribution in [1.29, 1.82) is 0 Å². The lowest BCUT2D eigenvalue weighted by molar-refractivity contribution is 0.0684. The monoisotopic (exact) mass is 250 g/mol. The summed E-state index contributed by atoms with van der Waals surface area (Å²) in [6.45, 7) is 5.23. The molecule has 0 spiro atoms. The third kappa shape index (κ3) is 3.17. The number of rotatable bonds is 4. The first kappa shape index (κ1) is 13.2. The van der Waals surface area contributed by atoms with E-state index < -0.39 is 0 Å². The van der Waals surface area contributed by atoms with Gasteiger partial charge in [0.1, 0.15) is 0 Å². The van der Waals surface area contributed by atoms with Gasteiger partial charge in [-0.25, -0.2) is 9.97 Å². The summed E-state index contributed by atoms with van der Waals surface area (Å²) in [5.41, 5.74) is 7.60. The van der Waals surface area contributed by atoms with Crippen LogP contribution in [0.15, 0.2) is 6.20 Å². The van der Waals surface area contributed by atoms with Gasteiger partial charge in [0.15, 0.2) is 0 Å². The van der Waals surface area contributed by atoms with Crippen LogP contribution in [-0.2, 0) is 11.3 Å². The summed E-state index contributed by atoms with van der Waals surface area (Å²) < 4.78 is 5.37. The Morgan fingerprint density at radius 2 is 2.17 bits per heavy atom. The van der Waals surface area contributed by atoms with Gasteiger partial charge in [-0.15, -0.1) is 0 Å². The molecule has 1 aromatic rings. The predicted molar refractivity (Wildman–Crippen MR) is 71.5 cm³/mol. The molecule has 2 heterocycles. The number of aryl methyl sites for hydroxylation is 1. The summed E-state index contributed by atoms with van der Waals surface area (Å²) in [4.78, 5) is 11.0. The fraction of sp³-hybridized carbons (Fsp3) is 0.692. The first-order chi connectivity index (χ1) is 8.70. The molecule has 0 aromatic carbocycles. The Kier molecular flexibility index (Phi) is 4.49. The lowest BCUT2D eigenvalue weighted by atomic mass is 10.00. The van der Waals surface area contributed by atoms with E-state index in [9.17, 15) is 0 Å². The van der Waals surface area contributed by atoms with E-state index in [1.54, 1.807) is 0 Å². The zero-order chi connectivity index (χ0) is 13.0. The molecule has 0 unspecified atom stereocenters. The summed E-state index contributed by atoms with van der Waals surface area (Å²) in [6.07, 6.45) is 4.09. The molecule has 0 atom stereocenters. The van der Waals surface area contributed by atoms with Gasteiger partial charge in [-0.3, -0.25) is 0 Å². The van der Waals surface area contributed by atoms with Crippen molar-refractivity contribution in [3.05, 3.63) is 17.5 Å². The van der Waals surface area contributed by atoms with Crippen LogP contribution >= 0.6 is 0 Å². The Labute approximate surface area is 108 Å². The van der Waals surface area contributed by atoms with Crippen molar-refractivity contribution < 1.29 is 4.74 Å². The van der Waals surface area contributed by atoms with E-state index in [1.165, 1.54) is 0 Å². The molecule has 1 saturated heterocycles. The highest BCUT2D eigenvalue weighted by molar-refractivity contribution is 5.31. The van der Waals surface area contributed by atoms with Crippen LogP contribution in [0.1, 0.15) is 24.1 Å². The average Bonchev–Trinajstić information content (AvgIpc) is 2.39. The zero-order valence-corrected chi connectivity index (χ0v) is 11.2. The van der Waals surface area contributed by atoms with Crippen molar-refractivity contribution in [3.8, 4) is 0 Å². The van der Waals surface area contributed by atoms with E-state index in [-0.39, 0.29) is 0 Å². The topological polar surface area (TPSA) is 64.3 Å². The van der Waals surface area contributed by atoms with Crippen LogP contribution in [-0.4, -0.2) is 36.8 Å². The highest BCUT2D eigenvalue weighted by Gasteiger charge is 2.17. The van der Waals surface area contributed by atoms with Crippen LogP contribution in [0.25, 0.3) is 0 Å². The third-order valence-corrected chi connectivity index (χ3v) is 3.50. The predicted octanol–water partition coefficient (Wildman–Crippen LogP) is 1.11. The second-order valence-electron chi connectivity index (χ2n) is 4.92. The van der Waals surface area contributed by atoms with Gasteiger partial charge in [-0.05, 0) is 25.7 Å². The van der Waals surface area contributed by atoms with Crippen molar-refractivity contribution in [2.45, 2.75) is 26.3 Å². The molecule has 1 aliphatic rings. The van der Waals surface area contributed by atoms with E-state index in [0.717, 1.165) is 49.8 Å². The molecular weight excluding hydrogens is 228 g/mol. The number of nitrogens with two attached hydrogens (primary N) is 1. The van der Waals surface area contributed by atoms with Gasteiger partial charge in [-0.2, -0.15) is 0 Å². The third-order valence-electron chi connectivity index (χ3n) is 3.50. The lowest BCUT2D eigenvalue weighted by Crippen LogP contribution is -2.30. The summed E-state index contributed by atoms with van der Waals surface area (Å²) >= 11 is 0. The molecule has 1 fully saturated rings. The molecule has 1 aliphatic heterocycles. The van der Waals surface area contributed by atoms with E-state index in [0.29, 0.717) is 12.5 Å². The standard InChI is InChI=1S/C13H22N4O/c1-10-12(7-14)8-15-13(16-10)17(2)9-11-3-5-18-6-4-11/h8,11H,3-7,9,14H2,1-2H3. The number of nitrogens with zero attached hydrogens (tertiary/aromatic N) is 3. The molecule has 5 nitrogen and oxygen atoms in total. The van der Waals surface area contributed by atoms with Crippen molar-refractivity contribution in [3.63, 3.8) is 0 Å². The van der Waals surface area contributed by atoms with Crippen LogP contribution in [0.5, 0.6) is 0 Å². The molecule has 2 N–H and O–H groups in total. The van der Waals surface area contributed by atoms with Gasteiger partial charge < -0.3 is 15.4 Å². The van der Waals surface area contributed by atoms with Gasteiger partial charge in [0.25, 0.3) is 0 Å². The van der Waals surface area contributed by atoms with Gasteiger partial charge in [-0.1, -0.05) is 0 Å². The summed E-state index contributed by atoms with van der Waals surface area (Å²) in [5, 5.41) is 0. The number of anilines is 1. The Hall–Kier alpha value is -1.20.